The summed E-state index contributed by atoms with van der Waals surface area (Å²) in [6.07, 6.45) is 0.932. The SMILES string of the molecule is CNC(c1cccc(Cl)c1Cl)c1cc(Br)cc2c1OCC2. The van der Waals surface area contributed by atoms with E-state index in [1.54, 1.807) is 6.07 Å². The molecule has 21 heavy (non-hydrogen) atoms. The predicted molar refractivity (Wildman–Crippen MR) is 90.7 cm³/mol. The van der Waals surface area contributed by atoms with Gasteiger partial charge in [0.1, 0.15) is 5.75 Å². The van der Waals surface area contributed by atoms with E-state index in [1.807, 2.05) is 19.2 Å². The van der Waals surface area contributed by atoms with E-state index >= 15 is 0 Å². The monoisotopic (exact) mass is 385 g/mol. The highest BCUT2D eigenvalue weighted by Crippen LogP contribution is 2.41. The average Bonchev–Trinajstić information content (AvgIpc) is 2.92. The molecule has 1 aliphatic rings. The van der Waals surface area contributed by atoms with Gasteiger partial charge < -0.3 is 10.1 Å². The third kappa shape index (κ3) is 2.80. The summed E-state index contributed by atoms with van der Waals surface area (Å²) in [6, 6.07) is 9.80. The zero-order valence-electron chi connectivity index (χ0n) is 11.4. The molecule has 1 N–H and O–H groups in total. The van der Waals surface area contributed by atoms with Gasteiger partial charge in [0.25, 0.3) is 0 Å². The molecule has 1 atom stereocenters. The molecule has 0 amide bonds. The summed E-state index contributed by atoms with van der Waals surface area (Å²) in [5, 5.41) is 4.45. The van der Waals surface area contributed by atoms with Crippen LogP contribution in [-0.2, 0) is 6.42 Å². The van der Waals surface area contributed by atoms with Gasteiger partial charge in [-0.05, 0) is 36.4 Å². The molecular formula is C16H14BrCl2NO. The largest absolute Gasteiger partial charge is 0.493 e. The number of fused-ring (bicyclic) bond motifs is 1. The Morgan fingerprint density at radius 3 is 2.81 bits per heavy atom. The molecule has 1 unspecified atom stereocenters. The van der Waals surface area contributed by atoms with Gasteiger partial charge in [-0.3, -0.25) is 0 Å². The van der Waals surface area contributed by atoms with Crippen LogP contribution in [0.15, 0.2) is 34.8 Å². The van der Waals surface area contributed by atoms with Gasteiger partial charge in [-0.25, -0.2) is 0 Å². The van der Waals surface area contributed by atoms with Gasteiger partial charge in [0.2, 0.25) is 0 Å². The molecule has 3 rings (SSSR count). The normalized spacial score (nSPS) is 14.7. The third-order valence-corrected chi connectivity index (χ3v) is 4.96. The zero-order chi connectivity index (χ0) is 15.0. The minimum atomic E-state index is -0.0689. The van der Waals surface area contributed by atoms with Crippen molar-refractivity contribution in [3.05, 3.63) is 61.5 Å². The Hall–Kier alpha value is -0.740. The van der Waals surface area contributed by atoms with Crippen LogP contribution in [0.25, 0.3) is 0 Å². The fourth-order valence-corrected chi connectivity index (χ4v) is 3.67. The number of hydrogen-bond acceptors (Lipinski definition) is 2. The quantitative estimate of drug-likeness (QED) is 0.801. The lowest BCUT2D eigenvalue weighted by atomic mass is 9.96. The first-order valence-electron chi connectivity index (χ1n) is 6.68. The number of benzene rings is 2. The topological polar surface area (TPSA) is 21.3 Å². The van der Waals surface area contributed by atoms with Crippen LogP contribution in [0.5, 0.6) is 5.75 Å². The number of hydrogen-bond donors (Lipinski definition) is 1. The highest BCUT2D eigenvalue weighted by Gasteiger charge is 2.25. The standard InChI is InChI=1S/C16H14BrCl2NO/c1-20-15(11-3-2-4-13(18)14(11)19)12-8-10(17)7-9-5-6-21-16(9)12/h2-4,7-8,15,20H,5-6H2,1H3. The van der Waals surface area contributed by atoms with Crippen LogP contribution in [-0.4, -0.2) is 13.7 Å². The van der Waals surface area contributed by atoms with E-state index < -0.39 is 0 Å². The van der Waals surface area contributed by atoms with Crippen molar-refractivity contribution in [2.45, 2.75) is 12.5 Å². The number of ether oxygens (including phenoxy) is 1. The van der Waals surface area contributed by atoms with Crippen molar-refractivity contribution in [2.24, 2.45) is 0 Å². The summed E-state index contributed by atoms with van der Waals surface area (Å²) >= 11 is 16.1. The maximum absolute atomic E-state index is 6.38. The van der Waals surface area contributed by atoms with Gasteiger partial charge in [0.05, 0.1) is 22.7 Å². The first-order valence-corrected chi connectivity index (χ1v) is 8.23. The highest BCUT2D eigenvalue weighted by atomic mass is 79.9. The molecule has 5 heteroatoms. The molecule has 0 saturated heterocycles. The van der Waals surface area contributed by atoms with E-state index in [2.05, 4.69) is 33.4 Å². The molecule has 0 bridgehead atoms. The van der Waals surface area contributed by atoms with Gasteiger partial charge in [-0.1, -0.05) is 51.3 Å². The zero-order valence-corrected chi connectivity index (χ0v) is 14.5. The highest BCUT2D eigenvalue weighted by molar-refractivity contribution is 9.10. The van der Waals surface area contributed by atoms with Crippen LogP contribution in [0.4, 0.5) is 0 Å². The number of nitrogens with one attached hydrogen (secondary N) is 1. The van der Waals surface area contributed by atoms with Crippen LogP contribution >= 0.6 is 39.1 Å². The lowest BCUT2D eigenvalue weighted by molar-refractivity contribution is 0.351. The van der Waals surface area contributed by atoms with Gasteiger partial charge in [0, 0.05) is 16.5 Å². The van der Waals surface area contributed by atoms with Gasteiger partial charge in [0.15, 0.2) is 0 Å². The minimum Gasteiger partial charge on any atom is -0.493 e. The maximum Gasteiger partial charge on any atom is 0.127 e. The summed E-state index contributed by atoms with van der Waals surface area (Å²) in [5.74, 6) is 0.952. The number of rotatable bonds is 3. The Bertz CT molecular complexity index is 690. The predicted octanol–water partition coefficient (Wildman–Crippen LogP) is 5.00. The van der Waals surface area contributed by atoms with Crippen LogP contribution in [0.2, 0.25) is 10.0 Å². The Balaban J connectivity index is 2.15. The molecule has 0 aromatic heterocycles. The van der Waals surface area contributed by atoms with Crippen molar-refractivity contribution in [3.8, 4) is 5.75 Å². The first kappa shape index (κ1) is 15.2. The molecule has 1 heterocycles. The Morgan fingerprint density at radius 2 is 2.05 bits per heavy atom. The number of halogens is 3. The fourth-order valence-electron chi connectivity index (χ4n) is 2.73. The van der Waals surface area contributed by atoms with E-state index in [1.165, 1.54) is 5.56 Å². The van der Waals surface area contributed by atoms with Crippen LogP contribution in [0.3, 0.4) is 0 Å². The van der Waals surface area contributed by atoms with Gasteiger partial charge >= 0.3 is 0 Å². The molecule has 0 saturated carbocycles. The Morgan fingerprint density at radius 1 is 1.24 bits per heavy atom. The van der Waals surface area contributed by atoms with Crippen molar-refractivity contribution in [3.63, 3.8) is 0 Å². The van der Waals surface area contributed by atoms with E-state index in [9.17, 15) is 0 Å². The molecule has 0 spiro atoms. The maximum atomic E-state index is 6.38. The Kier molecular flexibility index (Phi) is 4.46. The molecule has 1 aliphatic heterocycles. The lowest BCUT2D eigenvalue weighted by Gasteiger charge is -2.21. The summed E-state index contributed by atoms with van der Waals surface area (Å²) in [4.78, 5) is 0. The first-order chi connectivity index (χ1) is 10.1. The molecule has 110 valence electrons. The van der Waals surface area contributed by atoms with Crippen molar-refractivity contribution >= 4 is 39.1 Å². The third-order valence-electron chi connectivity index (χ3n) is 3.67. The van der Waals surface area contributed by atoms with E-state index in [0.29, 0.717) is 10.0 Å². The van der Waals surface area contributed by atoms with Crippen LogP contribution in [0.1, 0.15) is 22.7 Å². The minimum absolute atomic E-state index is 0.0689. The molecular weight excluding hydrogens is 373 g/mol. The lowest BCUT2D eigenvalue weighted by Crippen LogP contribution is -2.19. The van der Waals surface area contributed by atoms with Crippen LogP contribution in [0, 0.1) is 0 Å². The van der Waals surface area contributed by atoms with E-state index in [-0.39, 0.29) is 6.04 Å². The second-order valence-electron chi connectivity index (χ2n) is 4.95. The van der Waals surface area contributed by atoms with Crippen molar-refractivity contribution in [1.29, 1.82) is 0 Å². The van der Waals surface area contributed by atoms with E-state index in [4.69, 9.17) is 27.9 Å². The summed E-state index contributed by atoms with van der Waals surface area (Å²) in [5.41, 5.74) is 3.24. The van der Waals surface area contributed by atoms with Gasteiger partial charge in [-0.2, -0.15) is 0 Å². The van der Waals surface area contributed by atoms with Crippen LogP contribution < -0.4 is 10.1 Å². The van der Waals surface area contributed by atoms with Crippen molar-refractivity contribution < 1.29 is 4.74 Å². The summed E-state index contributed by atoms with van der Waals surface area (Å²) < 4.78 is 6.86. The smallest absolute Gasteiger partial charge is 0.127 e. The van der Waals surface area contributed by atoms with Crippen molar-refractivity contribution in [1.82, 2.24) is 5.32 Å². The molecule has 2 nitrogen and oxygen atoms in total. The van der Waals surface area contributed by atoms with Crippen molar-refractivity contribution in [2.75, 3.05) is 13.7 Å². The molecule has 0 radical (unpaired) electrons. The summed E-state index contributed by atoms with van der Waals surface area (Å²) in [6.45, 7) is 0.721. The second-order valence-corrected chi connectivity index (χ2v) is 6.65. The molecule has 0 aliphatic carbocycles. The average molecular weight is 387 g/mol. The van der Waals surface area contributed by atoms with E-state index in [0.717, 1.165) is 34.4 Å². The molecule has 2 aromatic rings. The second kappa shape index (κ2) is 6.17. The summed E-state index contributed by atoms with van der Waals surface area (Å²) in [7, 11) is 1.91. The fraction of sp³-hybridized carbons (Fsp3) is 0.250. The molecule has 0 fully saturated rings. The van der Waals surface area contributed by atoms with Gasteiger partial charge in [-0.15, -0.1) is 0 Å². The molecule has 2 aromatic carbocycles. The Labute approximate surface area is 142 Å².